The highest BCUT2D eigenvalue weighted by molar-refractivity contribution is 6.13. The van der Waals surface area contributed by atoms with Crippen molar-refractivity contribution < 1.29 is 4.42 Å². The van der Waals surface area contributed by atoms with Crippen LogP contribution in [0.25, 0.3) is 55.3 Å². The number of rotatable bonds is 4. The van der Waals surface area contributed by atoms with Gasteiger partial charge in [0.25, 0.3) is 0 Å². The van der Waals surface area contributed by atoms with E-state index in [2.05, 4.69) is 188 Å². The van der Waals surface area contributed by atoms with Gasteiger partial charge in [-0.25, -0.2) is 0 Å². The van der Waals surface area contributed by atoms with Crippen molar-refractivity contribution >= 4 is 39.0 Å². The molecule has 2 nitrogen and oxygen atoms in total. The van der Waals surface area contributed by atoms with Gasteiger partial charge >= 0.3 is 0 Å². The lowest BCUT2D eigenvalue weighted by atomic mass is 9.69. The van der Waals surface area contributed by atoms with Crippen LogP contribution >= 0.6 is 0 Å². The summed E-state index contributed by atoms with van der Waals surface area (Å²) in [5.74, 6) is 0. The van der Waals surface area contributed by atoms with Gasteiger partial charge in [0.1, 0.15) is 11.2 Å². The zero-order valence-corrected chi connectivity index (χ0v) is 28.7. The lowest BCUT2D eigenvalue weighted by Crippen LogP contribution is -2.27. The van der Waals surface area contributed by atoms with Crippen molar-refractivity contribution in [2.75, 3.05) is 4.90 Å². The number of fused-ring (bicyclic) bond motifs is 13. The van der Waals surface area contributed by atoms with Crippen LogP contribution in [-0.2, 0) is 5.41 Å². The molecule has 244 valence electrons. The predicted octanol–water partition coefficient (Wildman–Crippen LogP) is 13.4. The molecule has 11 rings (SSSR count). The first-order valence-corrected chi connectivity index (χ1v) is 18.0. The van der Waals surface area contributed by atoms with Gasteiger partial charge in [0.2, 0.25) is 0 Å². The van der Waals surface area contributed by atoms with Crippen LogP contribution in [-0.4, -0.2) is 0 Å². The molecule has 0 amide bonds. The molecule has 0 radical (unpaired) electrons. The van der Waals surface area contributed by atoms with Crippen molar-refractivity contribution in [3.05, 3.63) is 210 Å². The SMILES string of the molecule is Cc1cccc2c1C1(c3ccccc3-c3ccc(N(c4ccc(-c5ccccc5)cc4)c4cccc5oc6ccccc6c45)cc31)c1ccccc1-2. The Morgan fingerprint density at radius 3 is 1.85 bits per heavy atom. The van der Waals surface area contributed by atoms with E-state index in [9.17, 15) is 0 Å². The van der Waals surface area contributed by atoms with E-state index in [1.165, 1.54) is 61.2 Å². The molecule has 0 saturated heterocycles. The van der Waals surface area contributed by atoms with Crippen LogP contribution in [0.5, 0.6) is 0 Å². The standard InChI is InChI=1S/C50H33NO/c1-32-13-11-19-40-38-17-6-9-21-43(38)50(49(32)40)42-20-8-5-16-37(42)39-30-29-36(31-44(39)50)51(35-27-25-34(26-28-35)33-14-3-2-4-15-33)45-22-12-24-47-48(45)41-18-7-10-23-46(41)52-47/h2-31H,1H3. The van der Waals surface area contributed by atoms with Crippen LogP contribution in [0.2, 0.25) is 0 Å². The first-order chi connectivity index (χ1) is 25.7. The van der Waals surface area contributed by atoms with E-state index in [0.29, 0.717) is 0 Å². The van der Waals surface area contributed by atoms with Crippen molar-refractivity contribution in [3.8, 4) is 33.4 Å². The van der Waals surface area contributed by atoms with Crippen LogP contribution < -0.4 is 4.90 Å². The average molecular weight is 664 g/mol. The molecule has 1 atom stereocenters. The minimum absolute atomic E-state index is 0.434. The molecular weight excluding hydrogens is 631 g/mol. The third-order valence-corrected chi connectivity index (χ3v) is 11.4. The summed E-state index contributed by atoms with van der Waals surface area (Å²) >= 11 is 0. The number of nitrogens with zero attached hydrogens (tertiary/aromatic N) is 1. The molecule has 52 heavy (non-hydrogen) atoms. The summed E-state index contributed by atoms with van der Waals surface area (Å²) in [7, 11) is 0. The quantitative estimate of drug-likeness (QED) is 0.186. The monoisotopic (exact) mass is 663 g/mol. The number of furan rings is 1. The van der Waals surface area contributed by atoms with Gasteiger partial charge in [0, 0.05) is 16.8 Å². The molecule has 2 aliphatic carbocycles. The Morgan fingerprint density at radius 1 is 0.442 bits per heavy atom. The topological polar surface area (TPSA) is 16.4 Å². The van der Waals surface area contributed by atoms with Crippen molar-refractivity contribution in [3.63, 3.8) is 0 Å². The van der Waals surface area contributed by atoms with Crippen LogP contribution in [0.4, 0.5) is 17.1 Å². The Kier molecular flexibility index (Phi) is 6.12. The fourth-order valence-corrected chi connectivity index (χ4v) is 9.34. The molecule has 1 aromatic heterocycles. The Labute approximate surface area is 302 Å². The predicted molar refractivity (Wildman–Crippen MR) is 215 cm³/mol. The molecule has 0 N–H and O–H groups in total. The molecule has 1 unspecified atom stereocenters. The first kappa shape index (κ1) is 29.1. The van der Waals surface area contributed by atoms with Crippen molar-refractivity contribution in [2.24, 2.45) is 0 Å². The van der Waals surface area contributed by atoms with E-state index in [0.717, 1.165) is 39.0 Å². The highest BCUT2D eigenvalue weighted by Gasteiger charge is 2.52. The maximum absolute atomic E-state index is 6.45. The smallest absolute Gasteiger partial charge is 0.137 e. The zero-order valence-electron chi connectivity index (χ0n) is 28.7. The fourth-order valence-electron chi connectivity index (χ4n) is 9.34. The summed E-state index contributed by atoms with van der Waals surface area (Å²) in [5, 5.41) is 2.22. The maximum Gasteiger partial charge on any atom is 0.137 e. The molecule has 1 heterocycles. The summed E-state index contributed by atoms with van der Waals surface area (Å²) in [4.78, 5) is 2.43. The van der Waals surface area contributed by atoms with Gasteiger partial charge in [-0.2, -0.15) is 0 Å². The average Bonchev–Trinajstić information content (AvgIpc) is 3.83. The minimum Gasteiger partial charge on any atom is -0.456 e. The van der Waals surface area contributed by atoms with E-state index in [-0.39, 0.29) is 0 Å². The van der Waals surface area contributed by atoms with Crippen molar-refractivity contribution in [1.29, 1.82) is 0 Å². The Morgan fingerprint density at radius 2 is 1.04 bits per heavy atom. The van der Waals surface area contributed by atoms with Gasteiger partial charge < -0.3 is 9.32 Å². The lowest BCUT2D eigenvalue weighted by molar-refractivity contribution is 0.669. The molecule has 8 aromatic carbocycles. The molecule has 2 aliphatic rings. The summed E-state index contributed by atoms with van der Waals surface area (Å²) in [6, 6.07) is 66.4. The second-order valence-electron chi connectivity index (χ2n) is 14.1. The summed E-state index contributed by atoms with van der Waals surface area (Å²) in [5.41, 5.74) is 19.0. The lowest BCUT2D eigenvalue weighted by Gasteiger charge is -2.33. The van der Waals surface area contributed by atoms with Gasteiger partial charge in [-0.1, -0.05) is 140 Å². The third-order valence-electron chi connectivity index (χ3n) is 11.4. The highest BCUT2D eigenvalue weighted by atomic mass is 16.3. The van der Waals surface area contributed by atoms with Crippen molar-refractivity contribution in [2.45, 2.75) is 12.3 Å². The Bertz CT molecular complexity index is 2850. The number of hydrogen-bond donors (Lipinski definition) is 0. The van der Waals surface area contributed by atoms with Gasteiger partial charge in [0.15, 0.2) is 0 Å². The molecule has 9 aromatic rings. The summed E-state index contributed by atoms with van der Waals surface area (Å²) in [6.45, 7) is 2.28. The number of benzene rings is 8. The summed E-state index contributed by atoms with van der Waals surface area (Å²) < 4.78 is 6.45. The maximum atomic E-state index is 6.45. The highest BCUT2D eigenvalue weighted by Crippen LogP contribution is 2.64. The van der Waals surface area contributed by atoms with Crippen LogP contribution in [0.3, 0.4) is 0 Å². The molecule has 1 spiro atoms. The second-order valence-corrected chi connectivity index (χ2v) is 14.1. The van der Waals surface area contributed by atoms with E-state index in [1.54, 1.807) is 0 Å². The molecular formula is C50H33NO. The number of para-hydroxylation sites is 1. The number of anilines is 3. The normalized spacial score (nSPS) is 15.1. The molecule has 0 saturated carbocycles. The van der Waals surface area contributed by atoms with Crippen molar-refractivity contribution in [1.82, 2.24) is 0 Å². The van der Waals surface area contributed by atoms with E-state index < -0.39 is 5.41 Å². The van der Waals surface area contributed by atoms with Gasteiger partial charge in [-0.05, 0) is 111 Å². The molecule has 0 fully saturated rings. The minimum atomic E-state index is -0.434. The zero-order chi connectivity index (χ0) is 34.4. The van der Waals surface area contributed by atoms with Gasteiger partial charge in [-0.15, -0.1) is 0 Å². The largest absolute Gasteiger partial charge is 0.456 e. The number of hydrogen-bond acceptors (Lipinski definition) is 2. The van der Waals surface area contributed by atoms with Gasteiger partial charge in [-0.3, -0.25) is 0 Å². The van der Waals surface area contributed by atoms with Crippen LogP contribution in [0.15, 0.2) is 186 Å². The van der Waals surface area contributed by atoms with E-state index in [1.807, 2.05) is 6.07 Å². The Balaban J connectivity index is 1.21. The first-order valence-electron chi connectivity index (χ1n) is 18.0. The molecule has 0 bridgehead atoms. The third kappa shape index (κ3) is 3.89. The molecule has 2 heteroatoms. The fraction of sp³-hybridized carbons (Fsp3) is 0.0400. The van der Waals surface area contributed by atoms with Crippen LogP contribution in [0, 0.1) is 6.92 Å². The number of aryl methyl sites for hydroxylation is 1. The Hall–Kier alpha value is -6.64. The van der Waals surface area contributed by atoms with Gasteiger partial charge in [0.05, 0.1) is 16.5 Å². The van der Waals surface area contributed by atoms with Crippen LogP contribution in [0.1, 0.15) is 27.8 Å². The second kappa shape index (κ2) is 10.9. The summed E-state index contributed by atoms with van der Waals surface area (Å²) in [6.07, 6.45) is 0. The van der Waals surface area contributed by atoms with E-state index in [4.69, 9.17) is 4.42 Å². The molecule has 0 aliphatic heterocycles. The van der Waals surface area contributed by atoms with E-state index >= 15 is 0 Å².